The average molecular weight is 292 g/mol. The topological polar surface area (TPSA) is 15.3 Å². The molecule has 0 radical (unpaired) electrons. The second-order valence-corrected chi connectivity index (χ2v) is 8.48. The van der Waals surface area contributed by atoms with E-state index in [1.807, 2.05) is 0 Å². The van der Waals surface area contributed by atoms with Crippen molar-refractivity contribution in [3.05, 3.63) is 35.4 Å². The molecule has 0 amide bonds. The second kappa shape index (κ2) is 6.97. The van der Waals surface area contributed by atoms with Gasteiger partial charge in [0.2, 0.25) is 0 Å². The second-order valence-electron chi connectivity index (χ2n) is 6.67. The first-order valence-corrected chi connectivity index (χ1v) is 8.61. The molecule has 0 atom stereocenters. The summed E-state index contributed by atoms with van der Waals surface area (Å²) in [4.78, 5) is 2.59. The zero-order chi connectivity index (χ0) is 14.6. The van der Waals surface area contributed by atoms with E-state index in [9.17, 15) is 0 Å². The fourth-order valence-corrected chi connectivity index (χ4v) is 3.84. The third kappa shape index (κ3) is 5.12. The van der Waals surface area contributed by atoms with Crippen LogP contribution < -0.4 is 5.32 Å². The van der Waals surface area contributed by atoms with Crippen LogP contribution in [-0.4, -0.2) is 34.5 Å². The molecule has 2 nitrogen and oxygen atoms in total. The summed E-state index contributed by atoms with van der Waals surface area (Å²) < 4.78 is 0.398. The number of nitrogens with one attached hydrogen (secondary N) is 1. The van der Waals surface area contributed by atoms with E-state index in [4.69, 9.17) is 0 Å². The molecular formula is C17H28N2S. The number of hydrogen-bond donors (Lipinski definition) is 1. The molecule has 1 saturated heterocycles. The summed E-state index contributed by atoms with van der Waals surface area (Å²) in [5, 5.41) is 3.49. The number of hydrogen-bond acceptors (Lipinski definition) is 3. The number of benzene rings is 1. The highest BCUT2D eigenvalue weighted by Gasteiger charge is 2.26. The average Bonchev–Trinajstić information content (AvgIpc) is 2.35. The molecule has 0 saturated carbocycles. The van der Waals surface area contributed by atoms with Gasteiger partial charge in [-0.3, -0.25) is 4.90 Å². The molecule has 0 aromatic heterocycles. The van der Waals surface area contributed by atoms with Gasteiger partial charge < -0.3 is 5.32 Å². The maximum atomic E-state index is 3.49. The number of rotatable bonds is 5. The van der Waals surface area contributed by atoms with Crippen molar-refractivity contribution >= 4 is 11.8 Å². The van der Waals surface area contributed by atoms with Crippen molar-refractivity contribution < 1.29 is 0 Å². The van der Waals surface area contributed by atoms with Gasteiger partial charge in [-0.25, -0.2) is 0 Å². The predicted octanol–water partition coefficient (Wildman–Crippen LogP) is 3.51. The molecule has 0 unspecified atom stereocenters. The Hall–Kier alpha value is -0.510. The molecule has 0 bridgehead atoms. The Balaban J connectivity index is 1.93. The first kappa shape index (κ1) is 15.9. The zero-order valence-electron chi connectivity index (χ0n) is 13.3. The van der Waals surface area contributed by atoms with Gasteiger partial charge in [0.1, 0.15) is 0 Å². The molecule has 1 aliphatic heterocycles. The van der Waals surface area contributed by atoms with Crippen LogP contribution in [0.2, 0.25) is 0 Å². The van der Waals surface area contributed by atoms with Crippen molar-refractivity contribution in [3.63, 3.8) is 0 Å². The molecule has 1 aromatic carbocycles. The standard InChI is InChI=1S/C17H28N2S/c1-14(2)18-11-15-6-5-7-16(10-15)12-19-8-9-20-17(3,4)13-19/h5-7,10,14,18H,8-9,11-13H2,1-4H3. The van der Waals surface area contributed by atoms with E-state index in [2.05, 4.69) is 73.9 Å². The van der Waals surface area contributed by atoms with Crippen molar-refractivity contribution in [2.45, 2.75) is 51.6 Å². The van der Waals surface area contributed by atoms with Gasteiger partial charge in [-0.2, -0.15) is 11.8 Å². The van der Waals surface area contributed by atoms with Crippen molar-refractivity contribution in [2.75, 3.05) is 18.8 Å². The van der Waals surface area contributed by atoms with Crippen LogP contribution in [0.15, 0.2) is 24.3 Å². The quantitative estimate of drug-likeness (QED) is 0.894. The van der Waals surface area contributed by atoms with Gasteiger partial charge >= 0.3 is 0 Å². The maximum absolute atomic E-state index is 3.49. The molecule has 0 aliphatic carbocycles. The molecule has 2 rings (SSSR count). The van der Waals surface area contributed by atoms with Gasteiger partial charge in [0.05, 0.1) is 0 Å². The van der Waals surface area contributed by atoms with E-state index >= 15 is 0 Å². The molecule has 1 aliphatic rings. The molecule has 20 heavy (non-hydrogen) atoms. The lowest BCUT2D eigenvalue weighted by atomic mass is 10.1. The molecular weight excluding hydrogens is 264 g/mol. The Bertz CT molecular complexity index is 429. The van der Waals surface area contributed by atoms with Crippen molar-refractivity contribution in [2.24, 2.45) is 0 Å². The monoisotopic (exact) mass is 292 g/mol. The Kier molecular flexibility index (Phi) is 5.53. The maximum Gasteiger partial charge on any atom is 0.0234 e. The Morgan fingerprint density at radius 2 is 2.05 bits per heavy atom. The Morgan fingerprint density at radius 1 is 1.30 bits per heavy atom. The van der Waals surface area contributed by atoms with Crippen LogP contribution >= 0.6 is 11.8 Å². The lowest BCUT2D eigenvalue weighted by Gasteiger charge is -2.37. The molecule has 112 valence electrons. The fraction of sp³-hybridized carbons (Fsp3) is 0.647. The number of thioether (sulfide) groups is 1. The molecule has 1 aromatic rings. The summed E-state index contributed by atoms with van der Waals surface area (Å²) in [6.07, 6.45) is 0. The number of nitrogens with zero attached hydrogens (tertiary/aromatic N) is 1. The van der Waals surface area contributed by atoms with E-state index < -0.39 is 0 Å². The van der Waals surface area contributed by atoms with E-state index in [-0.39, 0.29) is 0 Å². The predicted molar refractivity (Wildman–Crippen MR) is 90.2 cm³/mol. The minimum absolute atomic E-state index is 0.398. The lowest BCUT2D eigenvalue weighted by Crippen LogP contribution is -2.42. The van der Waals surface area contributed by atoms with Gasteiger partial charge in [-0.05, 0) is 25.0 Å². The summed E-state index contributed by atoms with van der Waals surface area (Å²) in [6.45, 7) is 13.5. The van der Waals surface area contributed by atoms with Crippen LogP contribution in [-0.2, 0) is 13.1 Å². The molecule has 0 spiro atoms. The van der Waals surface area contributed by atoms with Crippen molar-refractivity contribution in [3.8, 4) is 0 Å². The fourth-order valence-electron chi connectivity index (χ4n) is 2.67. The van der Waals surface area contributed by atoms with Gasteiger partial charge in [-0.15, -0.1) is 0 Å². The van der Waals surface area contributed by atoms with Gasteiger partial charge in [-0.1, -0.05) is 38.1 Å². The van der Waals surface area contributed by atoms with Crippen molar-refractivity contribution in [1.29, 1.82) is 0 Å². The highest BCUT2D eigenvalue weighted by Crippen LogP contribution is 2.30. The van der Waals surface area contributed by atoms with Crippen LogP contribution in [0.1, 0.15) is 38.8 Å². The Morgan fingerprint density at radius 3 is 2.75 bits per heavy atom. The summed E-state index contributed by atoms with van der Waals surface area (Å²) in [7, 11) is 0. The highest BCUT2D eigenvalue weighted by molar-refractivity contribution is 8.00. The largest absolute Gasteiger partial charge is 0.310 e. The van der Waals surface area contributed by atoms with Crippen LogP contribution in [0.4, 0.5) is 0 Å². The van der Waals surface area contributed by atoms with Gasteiger partial charge in [0, 0.05) is 42.7 Å². The third-order valence-electron chi connectivity index (χ3n) is 3.62. The van der Waals surface area contributed by atoms with E-state index in [1.165, 1.54) is 30.0 Å². The van der Waals surface area contributed by atoms with Gasteiger partial charge in [0.15, 0.2) is 0 Å². The van der Waals surface area contributed by atoms with E-state index in [0.29, 0.717) is 10.8 Å². The smallest absolute Gasteiger partial charge is 0.0234 e. The highest BCUT2D eigenvalue weighted by atomic mass is 32.2. The molecule has 1 heterocycles. The zero-order valence-corrected chi connectivity index (χ0v) is 14.1. The lowest BCUT2D eigenvalue weighted by molar-refractivity contribution is 0.252. The van der Waals surface area contributed by atoms with Crippen LogP contribution in [0.25, 0.3) is 0 Å². The normalized spacial score (nSPS) is 19.4. The third-order valence-corrected chi connectivity index (χ3v) is 4.91. The van der Waals surface area contributed by atoms with Crippen molar-refractivity contribution in [1.82, 2.24) is 10.2 Å². The molecule has 3 heteroatoms. The van der Waals surface area contributed by atoms with E-state index in [0.717, 1.165) is 13.1 Å². The summed E-state index contributed by atoms with van der Waals surface area (Å²) in [6, 6.07) is 9.56. The summed E-state index contributed by atoms with van der Waals surface area (Å²) >= 11 is 2.10. The molecule has 1 fully saturated rings. The first-order valence-electron chi connectivity index (χ1n) is 7.62. The summed E-state index contributed by atoms with van der Waals surface area (Å²) in [5.41, 5.74) is 2.83. The van der Waals surface area contributed by atoms with Crippen LogP contribution in [0.5, 0.6) is 0 Å². The first-order chi connectivity index (χ1) is 9.44. The summed E-state index contributed by atoms with van der Waals surface area (Å²) in [5.74, 6) is 1.25. The molecule has 1 N–H and O–H groups in total. The minimum Gasteiger partial charge on any atom is -0.310 e. The van der Waals surface area contributed by atoms with Gasteiger partial charge in [0.25, 0.3) is 0 Å². The Labute approximate surface area is 128 Å². The van der Waals surface area contributed by atoms with Crippen LogP contribution in [0.3, 0.4) is 0 Å². The van der Waals surface area contributed by atoms with Crippen LogP contribution in [0, 0.1) is 0 Å². The van der Waals surface area contributed by atoms with E-state index in [1.54, 1.807) is 0 Å². The SMILES string of the molecule is CC(C)NCc1cccc(CN2CCSC(C)(C)C2)c1. The minimum atomic E-state index is 0.398.